The third-order valence-corrected chi connectivity index (χ3v) is 6.30. The van der Waals surface area contributed by atoms with Gasteiger partial charge in [-0.25, -0.2) is 10.2 Å². The predicted octanol–water partition coefficient (Wildman–Crippen LogP) is 2.10. The SMILES string of the molecule is COc1ccc(OC[C@H](O)Cn2c(N/N=C\c3cc(Br)ccc3OC)nc3c2c(=O)n(C)c(=O)n3C)cc1. The highest BCUT2D eigenvalue weighted by Crippen LogP contribution is 2.22. The van der Waals surface area contributed by atoms with Crippen LogP contribution in [0.25, 0.3) is 11.2 Å². The number of methoxy groups -OCH3 is 2. The van der Waals surface area contributed by atoms with E-state index < -0.39 is 17.4 Å². The second-order valence-electron chi connectivity index (χ2n) is 8.32. The number of rotatable bonds is 10. The first-order valence-electron chi connectivity index (χ1n) is 11.5. The largest absolute Gasteiger partial charge is 0.497 e. The lowest BCUT2D eigenvalue weighted by Gasteiger charge is -2.15. The number of hydrogen-bond acceptors (Lipinski definition) is 9. The number of fused-ring (bicyclic) bond motifs is 1. The van der Waals surface area contributed by atoms with Crippen molar-refractivity contribution in [3.05, 3.63) is 73.3 Å². The highest BCUT2D eigenvalue weighted by atomic mass is 79.9. The fraction of sp³-hybridized carbons (Fsp3) is 0.280. The molecule has 2 heterocycles. The number of hydrogen-bond donors (Lipinski definition) is 2. The molecule has 4 aromatic rings. The molecule has 0 fully saturated rings. The minimum atomic E-state index is -1.02. The van der Waals surface area contributed by atoms with E-state index in [1.54, 1.807) is 44.6 Å². The van der Waals surface area contributed by atoms with E-state index in [-0.39, 0.29) is 30.3 Å². The summed E-state index contributed by atoms with van der Waals surface area (Å²) in [6.07, 6.45) is 0.513. The van der Waals surface area contributed by atoms with E-state index in [2.05, 4.69) is 31.4 Å². The van der Waals surface area contributed by atoms with Gasteiger partial charge in [-0.15, -0.1) is 0 Å². The minimum absolute atomic E-state index is 0.0574. The molecule has 0 aliphatic carbocycles. The number of halogens is 1. The standard InChI is InChI=1S/C25H27BrN6O6/c1-30-22-21(23(34)31(2)25(30)35)32(13-17(33)14-38-19-8-6-18(36-3)7-9-19)24(28-22)29-27-12-15-11-16(26)5-10-20(15)37-4/h5-12,17,33H,13-14H2,1-4H3,(H,28,29)/b27-12-/t17-/m1/s1. The summed E-state index contributed by atoms with van der Waals surface area (Å²) >= 11 is 3.42. The third-order valence-electron chi connectivity index (χ3n) is 5.80. The van der Waals surface area contributed by atoms with Crippen LogP contribution >= 0.6 is 15.9 Å². The second kappa shape index (κ2) is 11.5. The lowest BCUT2D eigenvalue weighted by molar-refractivity contribution is 0.0938. The quantitative estimate of drug-likeness (QED) is 0.213. The summed E-state index contributed by atoms with van der Waals surface area (Å²) in [6.45, 7) is -0.117. The lowest BCUT2D eigenvalue weighted by atomic mass is 10.2. The number of aliphatic hydroxyl groups excluding tert-OH is 1. The van der Waals surface area contributed by atoms with E-state index in [4.69, 9.17) is 14.2 Å². The maximum atomic E-state index is 13.0. The Balaban J connectivity index is 1.65. The molecule has 0 saturated heterocycles. The molecule has 1 atom stereocenters. The molecule has 2 N–H and O–H groups in total. The highest BCUT2D eigenvalue weighted by Gasteiger charge is 2.21. The Morgan fingerprint density at radius 3 is 2.47 bits per heavy atom. The number of nitrogens with one attached hydrogen (secondary N) is 1. The first-order chi connectivity index (χ1) is 18.2. The average Bonchev–Trinajstić information content (AvgIpc) is 3.27. The van der Waals surface area contributed by atoms with Gasteiger partial charge in [0, 0.05) is 24.1 Å². The summed E-state index contributed by atoms with van der Waals surface area (Å²) in [5.41, 5.74) is 2.73. The van der Waals surface area contributed by atoms with Crippen molar-refractivity contribution in [1.82, 2.24) is 18.7 Å². The van der Waals surface area contributed by atoms with Gasteiger partial charge >= 0.3 is 5.69 Å². The van der Waals surface area contributed by atoms with E-state index in [1.807, 2.05) is 12.1 Å². The molecule has 0 saturated carbocycles. The van der Waals surface area contributed by atoms with Crippen LogP contribution in [0.1, 0.15) is 5.56 Å². The van der Waals surface area contributed by atoms with Crippen molar-refractivity contribution in [3.63, 3.8) is 0 Å². The van der Waals surface area contributed by atoms with E-state index >= 15 is 0 Å². The number of aromatic nitrogens is 4. The van der Waals surface area contributed by atoms with Gasteiger partial charge in [0.05, 0.1) is 27.0 Å². The molecule has 0 aliphatic heterocycles. The molecule has 4 rings (SSSR count). The average molecular weight is 587 g/mol. The summed E-state index contributed by atoms with van der Waals surface area (Å²) < 4.78 is 20.8. The smallest absolute Gasteiger partial charge is 0.332 e. The summed E-state index contributed by atoms with van der Waals surface area (Å²) in [7, 11) is 6.03. The van der Waals surface area contributed by atoms with Crippen molar-refractivity contribution in [2.45, 2.75) is 12.6 Å². The van der Waals surface area contributed by atoms with Gasteiger partial charge in [0.1, 0.15) is 30.0 Å². The molecule has 0 bridgehead atoms. The summed E-state index contributed by atoms with van der Waals surface area (Å²) in [5.74, 6) is 1.99. The summed E-state index contributed by atoms with van der Waals surface area (Å²) in [5, 5.41) is 15.0. The van der Waals surface area contributed by atoms with Crippen molar-refractivity contribution in [3.8, 4) is 17.2 Å². The van der Waals surface area contributed by atoms with Gasteiger partial charge in [-0.2, -0.15) is 10.1 Å². The molecule has 2 aromatic carbocycles. The number of imidazole rings is 1. The van der Waals surface area contributed by atoms with Crippen LogP contribution in [0.2, 0.25) is 0 Å². The Hall–Kier alpha value is -4.10. The summed E-state index contributed by atoms with van der Waals surface area (Å²) in [4.78, 5) is 30.0. The van der Waals surface area contributed by atoms with Crippen molar-refractivity contribution in [1.29, 1.82) is 0 Å². The molecule has 0 amide bonds. The number of hydrazone groups is 1. The Labute approximate surface area is 225 Å². The first kappa shape index (κ1) is 26.9. The molecule has 13 heteroatoms. The second-order valence-corrected chi connectivity index (χ2v) is 9.24. The van der Waals surface area contributed by atoms with Crippen LogP contribution in [0, 0.1) is 0 Å². The van der Waals surface area contributed by atoms with E-state index in [9.17, 15) is 14.7 Å². The van der Waals surface area contributed by atoms with Gasteiger partial charge < -0.3 is 23.9 Å². The van der Waals surface area contributed by atoms with Crippen molar-refractivity contribution in [2.24, 2.45) is 19.2 Å². The van der Waals surface area contributed by atoms with Crippen molar-refractivity contribution >= 4 is 39.3 Å². The number of benzene rings is 2. The lowest BCUT2D eigenvalue weighted by Crippen LogP contribution is -2.38. The molecular formula is C25H27BrN6O6. The third kappa shape index (κ3) is 5.58. The topological polar surface area (TPSA) is 134 Å². The summed E-state index contributed by atoms with van der Waals surface area (Å²) in [6, 6.07) is 12.4. The molecule has 0 radical (unpaired) electrons. The molecule has 0 aliphatic rings. The van der Waals surface area contributed by atoms with Crippen LogP contribution in [0.3, 0.4) is 0 Å². The van der Waals surface area contributed by atoms with Crippen LogP contribution in [-0.4, -0.2) is 56.9 Å². The zero-order valence-electron chi connectivity index (χ0n) is 21.2. The maximum absolute atomic E-state index is 13.0. The predicted molar refractivity (Wildman–Crippen MR) is 147 cm³/mol. The van der Waals surface area contributed by atoms with E-state index in [0.717, 1.165) is 9.04 Å². The van der Waals surface area contributed by atoms with Crippen LogP contribution < -0.4 is 30.9 Å². The molecule has 12 nitrogen and oxygen atoms in total. The van der Waals surface area contributed by atoms with Crippen molar-refractivity contribution < 1.29 is 19.3 Å². The van der Waals surface area contributed by atoms with E-state index in [1.165, 1.54) is 29.4 Å². The molecule has 38 heavy (non-hydrogen) atoms. The molecular weight excluding hydrogens is 560 g/mol. The molecule has 0 spiro atoms. The first-order valence-corrected chi connectivity index (χ1v) is 12.3. The number of nitrogens with zero attached hydrogens (tertiary/aromatic N) is 5. The Morgan fingerprint density at radius 2 is 1.79 bits per heavy atom. The molecule has 2 aromatic heterocycles. The van der Waals surface area contributed by atoms with Gasteiger partial charge in [-0.1, -0.05) is 15.9 Å². The number of aliphatic hydroxyl groups is 1. The Bertz CT molecular complexity index is 1590. The van der Waals surface area contributed by atoms with Gasteiger partial charge in [0.2, 0.25) is 5.95 Å². The fourth-order valence-corrected chi connectivity index (χ4v) is 4.18. The van der Waals surface area contributed by atoms with Crippen LogP contribution in [0.15, 0.2) is 61.6 Å². The van der Waals surface area contributed by atoms with Gasteiger partial charge in [-0.05, 0) is 42.5 Å². The normalized spacial score (nSPS) is 12.2. The Kier molecular flexibility index (Phi) is 8.17. The van der Waals surface area contributed by atoms with Crippen molar-refractivity contribution in [2.75, 3.05) is 26.3 Å². The highest BCUT2D eigenvalue weighted by molar-refractivity contribution is 9.10. The maximum Gasteiger partial charge on any atom is 0.332 e. The molecule has 0 unspecified atom stereocenters. The fourth-order valence-electron chi connectivity index (χ4n) is 3.80. The number of anilines is 1. The zero-order valence-corrected chi connectivity index (χ0v) is 22.8. The number of ether oxygens (including phenoxy) is 3. The molecule has 200 valence electrons. The van der Waals surface area contributed by atoms with Crippen LogP contribution in [-0.2, 0) is 20.6 Å². The van der Waals surface area contributed by atoms with E-state index in [0.29, 0.717) is 22.8 Å². The minimum Gasteiger partial charge on any atom is -0.497 e. The number of aryl methyl sites for hydroxylation is 1. The van der Waals surface area contributed by atoms with Gasteiger partial charge in [0.15, 0.2) is 11.2 Å². The van der Waals surface area contributed by atoms with Gasteiger partial charge in [-0.3, -0.25) is 13.9 Å². The monoisotopic (exact) mass is 586 g/mol. The van der Waals surface area contributed by atoms with Gasteiger partial charge in [0.25, 0.3) is 5.56 Å². The van der Waals surface area contributed by atoms with Crippen LogP contribution in [0.4, 0.5) is 5.95 Å². The Morgan fingerprint density at radius 1 is 1.08 bits per heavy atom. The van der Waals surface area contributed by atoms with Crippen LogP contribution in [0.5, 0.6) is 17.2 Å². The zero-order chi connectivity index (χ0) is 27.4.